The number of nitro groups is 1. The molecule has 0 N–H and O–H groups in total. The van der Waals surface area contributed by atoms with E-state index in [2.05, 4.69) is 9.89 Å². The highest BCUT2D eigenvalue weighted by Crippen LogP contribution is 2.23. The van der Waals surface area contributed by atoms with Gasteiger partial charge in [-0.15, -0.1) is 13.2 Å². The quantitative estimate of drug-likeness (QED) is 0.511. The SMILES string of the molecule is O=C(c1ccc([N+](=O)[O-])o1)N1CCC(=NOCc2ccc(OC(F)(F)F)cc2)CC1. The zero-order valence-electron chi connectivity index (χ0n) is 15.4. The van der Waals surface area contributed by atoms with Gasteiger partial charge in [0.15, 0.2) is 5.76 Å². The van der Waals surface area contributed by atoms with E-state index in [1.807, 2.05) is 0 Å². The zero-order valence-corrected chi connectivity index (χ0v) is 15.4. The second-order valence-electron chi connectivity index (χ2n) is 6.31. The lowest BCUT2D eigenvalue weighted by atomic mass is 10.1. The number of ether oxygens (including phenoxy) is 1. The van der Waals surface area contributed by atoms with Gasteiger partial charge in [0.25, 0.3) is 5.91 Å². The number of likely N-dealkylation sites (tertiary alicyclic amines) is 1. The van der Waals surface area contributed by atoms with Crippen molar-refractivity contribution in [1.82, 2.24) is 4.90 Å². The third-order valence-electron chi connectivity index (χ3n) is 4.19. The Hall–Kier alpha value is -3.57. The number of piperidine rings is 1. The van der Waals surface area contributed by atoms with Gasteiger partial charge in [-0.25, -0.2) is 0 Å². The summed E-state index contributed by atoms with van der Waals surface area (Å²) in [6, 6.07) is 7.62. The molecular weight excluding hydrogens is 411 g/mol. The number of nitrogens with zero attached hydrogens (tertiary/aromatic N) is 3. The average Bonchev–Trinajstić information content (AvgIpc) is 3.19. The van der Waals surface area contributed by atoms with E-state index in [4.69, 9.17) is 9.25 Å². The Morgan fingerprint density at radius 2 is 1.83 bits per heavy atom. The molecule has 1 fully saturated rings. The number of alkyl halides is 3. The molecule has 1 aliphatic rings. The summed E-state index contributed by atoms with van der Waals surface area (Å²) in [4.78, 5) is 29.0. The van der Waals surface area contributed by atoms with Gasteiger partial charge in [0.2, 0.25) is 0 Å². The Balaban J connectivity index is 1.45. The normalized spacial score (nSPS) is 14.4. The summed E-state index contributed by atoms with van der Waals surface area (Å²) >= 11 is 0. The lowest BCUT2D eigenvalue weighted by Gasteiger charge is -2.26. The van der Waals surface area contributed by atoms with Crippen molar-refractivity contribution in [3.8, 4) is 5.75 Å². The van der Waals surface area contributed by atoms with Gasteiger partial charge in [0, 0.05) is 25.9 Å². The number of carbonyl (C=O) groups is 1. The summed E-state index contributed by atoms with van der Waals surface area (Å²) in [6.07, 6.45) is -3.84. The first-order chi connectivity index (χ1) is 14.2. The fourth-order valence-corrected chi connectivity index (χ4v) is 2.74. The molecule has 1 aromatic carbocycles. The van der Waals surface area contributed by atoms with Crippen LogP contribution in [0.3, 0.4) is 0 Å². The fourth-order valence-electron chi connectivity index (χ4n) is 2.74. The number of hydrogen-bond acceptors (Lipinski definition) is 7. The summed E-state index contributed by atoms with van der Waals surface area (Å²) in [5.74, 6) is -1.36. The molecule has 1 aromatic heterocycles. The van der Waals surface area contributed by atoms with Crippen molar-refractivity contribution in [3.05, 3.63) is 57.8 Å². The zero-order chi connectivity index (χ0) is 21.7. The monoisotopic (exact) mass is 427 g/mol. The first kappa shape index (κ1) is 21.1. The Morgan fingerprint density at radius 3 is 2.40 bits per heavy atom. The van der Waals surface area contributed by atoms with E-state index >= 15 is 0 Å². The number of amides is 1. The summed E-state index contributed by atoms with van der Waals surface area (Å²) in [5.41, 5.74) is 1.34. The number of oxime groups is 1. The predicted molar refractivity (Wildman–Crippen MR) is 95.8 cm³/mol. The van der Waals surface area contributed by atoms with Crippen LogP contribution in [0.5, 0.6) is 5.75 Å². The summed E-state index contributed by atoms with van der Waals surface area (Å²) in [5, 5.41) is 14.6. The highest BCUT2D eigenvalue weighted by molar-refractivity contribution is 5.94. The van der Waals surface area contributed by atoms with Crippen molar-refractivity contribution in [2.75, 3.05) is 13.1 Å². The van der Waals surface area contributed by atoms with Crippen LogP contribution in [0, 0.1) is 10.1 Å². The predicted octanol–water partition coefficient (Wildman–Crippen LogP) is 3.90. The number of carbonyl (C=O) groups excluding carboxylic acids is 1. The van der Waals surface area contributed by atoms with E-state index in [1.54, 1.807) is 0 Å². The maximum Gasteiger partial charge on any atom is 0.573 e. The van der Waals surface area contributed by atoms with Crippen LogP contribution >= 0.6 is 0 Å². The molecule has 0 aliphatic carbocycles. The molecule has 2 aromatic rings. The van der Waals surface area contributed by atoms with Crippen LogP contribution in [0.2, 0.25) is 0 Å². The number of rotatable bonds is 6. The van der Waals surface area contributed by atoms with E-state index < -0.39 is 23.1 Å². The number of furan rings is 1. The topological polar surface area (TPSA) is 107 Å². The molecule has 1 saturated heterocycles. The van der Waals surface area contributed by atoms with Gasteiger partial charge in [0.1, 0.15) is 17.3 Å². The van der Waals surface area contributed by atoms with Crippen molar-refractivity contribution in [2.45, 2.75) is 25.8 Å². The Morgan fingerprint density at radius 1 is 1.17 bits per heavy atom. The minimum Gasteiger partial charge on any atom is -0.406 e. The molecule has 0 unspecified atom stereocenters. The standard InChI is InChI=1S/C18H16F3N3O6/c19-18(20,21)30-14-3-1-12(2-4-14)11-28-22-13-7-9-23(10-8-13)17(25)15-5-6-16(29-15)24(26)27/h1-6H,7-11H2. The minimum absolute atomic E-state index is 0.0640. The molecule has 0 spiro atoms. The van der Waals surface area contributed by atoms with Crippen LogP contribution in [0.1, 0.15) is 29.0 Å². The number of benzene rings is 1. The Kier molecular flexibility index (Phi) is 6.23. The second-order valence-corrected chi connectivity index (χ2v) is 6.31. The van der Waals surface area contributed by atoms with Gasteiger partial charge in [0.05, 0.1) is 11.8 Å². The average molecular weight is 427 g/mol. The fraction of sp³-hybridized carbons (Fsp3) is 0.333. The molecule has 0 atom stereocenters. The summed E-state index contributed by atoms with van der Waals surface area (Å²) < 4.78 is 45.1. The van der Waals surface area contributed by atoms with Crippen LogP contribution in [0.15, 0.2) is 46.0 Å². The van der Waals surface area contributed by atoms with E-state index in [-0.39, 0.29) is 18.1 Å². The second kappa shape index (κ2) is 8.84. The van der Waals surface area contributed by atoms with Gasteiger partial charge in [-0.3, -0.25) is 14.9 Å². The van der Waals surface area contributed by atoms with Crippen LogP contribution in [-0.4, -0.2) is 40.9 Å². The van der Waals surface area contributed by atoms with E-state index in [0.717, 1.165) is 11.8 Å². The van der Waals surface area contributed by atoms with Crippen molar-refractivity contribution in [2.24, 2.45) is 5.16 Å². The highest BCUT2D eigenvalue weighted by atomic mass is 19.4. The van der Waals surface area contributed by atoms with Gasteiger partial charge < -0.3 is 18.9 Å². The van der Waals surface area contributed by atoms with Gasteiger partial charge in [-0.1, -0.05) is 17.3 Å². The smallest absolute Gasteiger partial charge is 0.406 e. The van der Waals surface area contributed by atoms with Crippen molar-refractivity contribution in [1.29, 1.82) is 0 Å². The first-order valence-corrected chi connectivity index (χ1v) is 8.77. The molecule has 30 heavy (non-hydrogen) atoms. The lowest BCUT2D eigenvalue weighted by molar-refractivity contribution is -0.402. The molecule has 0 bridgehead atoms. The van der Waals surface area contributed by atoms with Gasteiger partial charge in [-0.05, 0) is 23.8 Å². The molecule has 3 rings (SSSR count). The van der Waals surface area contributed by atoms with Crippen LogP contribution in [-0.2, 0) is 11.4 Å². The highest BCUT2D eigenvalue weighted by Gasteiger charge is 2.31. The summed E-state index contributed by atoms with van der Waals surface area (Å²) in [6.45, 7) is 0.756. The largest absolute Gasteiger partial charge is 0.573 e. The van der Waals surface area contributed by atoms with Crippen LogP contribution in [0.4, 0.5) is 19.1 Å². The molecule has 2 heterocycles. The molecule has 160 valence electrons. The molecule has 9 nitrogen and oxygen atoms in total. The summed E-state index contributed by atoms with van der Waals surface area (Å²) in [7, 11) is 0. The molecule has 0 radical (unpaired) electrons. The lowest BCUT2D eigenvalue weighted by Crippen LogP contribution is -2.38. The van der Waals surface area contributed by atoms with Crippen molar-refractivity contribution >= 4 is 17.5 Å². The van der Waals surface area contributed by atoms with Crippen molar-refractivity contribution in [3.63, 3.8) is 0 Å². The van der Waals surface area contributed by atoms with E-state index in [9.17, 15) is 28.1 Å². The maximum absolute atomic E-state index is 12.3. The molecule has 0 saturated carbocycles. The number of hydrogen-bond donors (Lipinski definition) is 0. The number of halogens is 3. The van der Waals surface area contributed by atoms with Crippen molar-refractivity contribution < 1.29 is 36.9 Å². The first-order valence-electron chi connectivity index (χ1n) is 8.77. The maximum atomic E-state index is 12.3. The van der Waals surface area contributed by atoms with E-state index in [0.29, 0.717) is 31.5 Å². The molecule has 12 heteroatoms. The van der Waals surface area contributed by atoms with E-state index in [1.165, 1.54) is 35.2 Å². The van der Waals surface area contributed by atoms with Crippen LogP contribution in [0.25, 0.3) is 0 Å². The van der Waals surface area contributed by atoms with Gasteiger partial charge >= 0.3 is 12.2 Å². The Bertz CT molecular complexity index is 929. The molecule has 1 amide bonds. The molecule has 1 aliphatic heterocycles. The van der Waals surface area contributed by atoms with Crippen LogP contribution < -0.4 is 4.74 Å². The Labute approximate surface area is 167 Å². The third kappa shape index (κ3) is 5.72. The van der Waals surface area contributed by atoms with Gasteiger partial charge in [-0.2, -0.15) is 0 Å². The molecular formula is C18H16F3N3O6. The third-order valence-corrected chi connectivity index (χ3v) is 4.19. The minimum atomic E-state index is -4.74.